The maximum atomic E-state index is 12.6. The Morgan fingerprint density at radius 2 is 1.89 bits per heavy atom. The lowest BCUT2D eigenvalue weighted by molar-refractivity contribution is 0.0682. The highest BCUT2D eigenvalue weighted by Gasteiger charge is 2.32. The monoisotopic (exact) mass is 624 g/mol. The Kier molecular flexibility index (Phi) is 9.76. The highest BCUT2D eigenvalue weighted by atomic mass is 16.5. The average molecular weight is 625 g/mol. The molecule has 0 saturated heterocycles. The summed E-state index contributed by atoms with van der Waals surface area (Å²) in [5.41, 5.74) is 6.64. The van der Waals surface area contributed by atoms with E-state index in [4.69, 9.17) is 24.2 Å². The Balaban J connectivity index is 0.00000204. The molecule has 3 aromatic heterocycles. The molecule has 10 heteroatoms. The summed E-state index contributed by atoms with van der Waals surface area (Å²) in [6.07, 6.45) is 5.83. The van der Waals surface area contributed by atoms with Crippen molar-refractivity contribution in [1.29, 1.82) is 0 Å². The standard InChI is InChI=1S/C34H38N6O4.C2H6/c1-8-18(2)20(4)28-24(22-10-11-22)14-25-29(37-34(38-32(25)40(5)6)44-16-19(3)42-7)31(28)43-17-21-9-12-23-26-15-35-39-30(26)33(41)36-27(23)13-21;1-2/h8-9,12-15,19,22H,4,10-11,16-17H2,1-3,5-7H3,(H,35,39)(H,36,41);1-2H3/b18-8+;. The van der Waals surface area contributed by atoms with Crippen LogP contribution in [-0.2, 0) is 11.3 Å². The number of anilines is 1. The third-order valence-electron chi connectivity index (χ3n) is 8.31. The second-order valence-corrected chi connectivity index (χ2v) is 11.7. The van der Waals surface area contributed by atoms with Gasteiger partial charge in [-0.15, -0.1) is 0 Å². The van der Waals surface area contributed by atoms with Crippen LogP contribution in [0.4, 0.5) is 5.82 Å². The van der Waals surface area contributed by atoms with Crippen molar-refractivity contribution in [3.8, 4) is 11.8 Å². The quantitative estimate of drug-likeness (QED) is 0.147. The lowest BCUT2D eigenvalue weighted by Crippen LogP contribution is -2.18. The molecule has 0 spiro atoms. The molecule has 5 aromatic rings. The molecular formula is C36H44N6O4. The van der Waals surface area contributed by atoms with E-state index in [1.54, 1.807) is 13.3 Å². The van der Waals surface area contributed by atoms with Crippen LogP contribution in [0.3, 0.4) is 0 Å². The molecule has 1 atom stereocenters. The molecule has 3 heterocycles. The van der Waals surface area contributed by atoms with Gasteiger partial charge in [0.15, 0.2) is 5.75 Å². The van der Waals surface area contributed by atoms with Crippen molar-refractivity contribution in [2.75, 3.05) is 32.7 Å². The van der Waals surface area contributed by atoms with E-state index in [9.17, 15) is 4.79 Å². The van der Waals surface area contributed by atoms with Crippen LogP contribution in [0.1, 0.15) is 70.1 Å². The van der Waals surface area contributed by atoms with Gasteiger partial charge in [0.2, 0.25) is 0 Å². The number of rotatable bonds is 11. The Morgan fingerprint density at radius 1 is 1.13 bits per heavy atom. The van der Waals surface area contributed by atoms with Crippen molar-refractivity contribution in [2.45, 2.75) is 66.1 Å². The van der Waals surface area contributed by atoms with Crippen molar-refractivity contribution in [3.63, 3.8) is 0 Å². The largest absolute Gasteiger partial charge is 0.486 e. The minimum Gasteiger partial charge on any atom is -0.486 e. The van der Waals surface area contributed by atoms with Crippen molar-refractivity contribution >= 4 is 44.1 Å². The number of aromatic nitrogens is 5. The number of H-pyrrole nitrogens is 2. The minimum absolute atomic E-state index is 0.125. The number of aromatic amines is 2. The minimum atomic E-state index is -0.213. The van der Waals surface area contributed by atoms with Crippen LogP contribution in [0.2, 0.25) is 0 Å². The summed E-state index contributed by atoms with van der Waals surface area (Å²) in [6.45, 7) is 15.1. The van der Waals surface area contributed by atoms with Gasteiger partial charge in [0.25, 0.3) is 5.56 Å². The van der Waals surface area contributed by atoms with Gasteiger partial charge in [-0.1, -0.05) is 38.6 Å². The van der Waals surface area contributed by atoms with Crippen molar-refractivity contribution in [2.24, 2.45) is 0 Å². The van der Waals surface area contributed by atoms with Gasteiger partial charge >= 0.3 is 6.01 Å². The van der Waals surface area contributed by atoms with Crippen molar-refractivity contribution in [3.05, 3.63) is 75.7 Å². The molecule has 2 aromatic carbocycles. The van der Waals surface area contributed by atoms with Crippen LogP contribution in [0.25, 0.3) is 38.3 Å². The van der Waals surface area contributed by atoms with Crippen molar-refractivity contribution < 1.29 is 14.2 Å². The number of ether oxygens (including phenoxy) is 3. The van der Waals surface area contributed by atoms with E-state index < -0.39 is 0 Å². The number of hydrogen-bond acceptors (Lipinski definition) is 8. The van der Waals surface area contributed by atoms with Gasteiger partial charge in [-0.3, -0.25) is 9.89 Å². The number of benzene rings is 2. The normalized spacial score (nSPS) is 13.9. The number of pyridine rings is 1. The van der Waals surface area contributed by atoms with Gasteiger partial charge in [0.05, 0.1) is 12.3 Å². The predicted molar refractivity (Wildman–Crippen MR) is 186 cm³/mol. The highest BCUT2D eigenvalue weighted by Crippen LogP contribution is 2.50. The number of nitrogens with zero attached hydrogens (tertiary/aromatic N) is 4. The molecule has 0 bridgehead atoms. The molecule has 1 fully saturated rings. The maximum absolute atomic E-state index is 12.6. The van der Waals surface area contributed by atoms with E-state index in [2.05, 4.69) is 40.8 Å². The van der Waals surface area contributed by atoms with E-state index in [-0.39, 0.29) is 24.3 Å². The Bertz CT molecular complexity index is 1990. The first-order valence-electron chi connectivity index (χ1n) is 15.8. The summed E-state index contributed by atoms with van der Waals surface area (Å²) in [4.78, 5) is 27.3. The first-order chi connectivity index (χ1) is 22.2. The SMILES string of the molecule is C=C(/C(C)=C/C)c1c(C2CC2)cc2c(N(C)C)nc(OCC(C)OC)nc2c1OCc1ccc2c(c1)[nH]c(=O)c1[nH]ncc12.CC. The molecule has 0 radical (unpaired) electrons. The number of allylic oxidation sites excluding steroid dienone is 3. The fourth-order valence-electron chi connectivity index (χ4n) is 5.45. The summed E-state index contributed by atoms with van der Waals surface area (Å²) in [6, 6.07) is 8.40. The Hall–Kier alpha value is -4.70. The molecular weight excluding hydrogens is 580 g/mol. The molecule has 6 rings (SSSR count). The lowest BCUT2D eigenvalue weighted by atomic mass is 9.90. The average Bonchev–Trinajstić information content (AvgIpc) is 3.80. The van der Waals surface area contributed by atoms with Gasteiger partial charge in [0.1, 0.15) is 30.1 Å². The molecule has 10 nitrogen and oxygen atoms in total. The summed E-state index contributed by atoms with van der Waals surface area (Å²) in [7, 11) is 5.57. The fraction of sp³-hybridized carbons (Fsp3) is 0.389. The van der Waals surface area contributed by atoms with Crippen LogP contribution < -0.4 is 19.9 Å². The molecule has 1 saturated carbocycles. The molecule has 0 amide bonds. The zero-order valence-electron chi connectivity index (χ0n) is 28.1. The molecule has 1 aliphatic carbocycles. The number of hydrogen-bond donors (Lipinski definition) is 2. The Labute approximate surface area is 269 Å². The number of fused-ring (bicyclic) bond motifs is 4. The smallest absolute Gasteiger partial charge is 0.319 e. The van der Waals surface area contributed by atoms with Crippen LogP contribution >= 0.6 is 0 Å². The van der Waals surface area contributed by atoms with Crippen LogP contribution in [-0.4, -0.2) is 59.1 Å². The first-order valence-corrected chi connectivity index (χ1v) is 15.8. The molecule has 46 heavy (non-hydrogen) atoms. The van der Waals surface area contributed by atoms with Gasteiger partial charge in [-0.25, -0.2) is 0 Å². The van der Waals surface area contributed by atoms with Crippen LogP contribution in [0, 0.1) is 0 Å². The fourth-order valence-corrected chi connectivity index (χ4v) is 5.45. The maximum Gasteiger partial charge on any atom is 0.319 e. The van der Waals surface area contributed by atoms with Gasteiger partial charge < -0.3 is 24.1 Å². The van der Waals surface area contributed by atoms with E-state index >= 15 is 0 Å². The lowest BCUT2D eigenvalue weighted by Gasteiger charge is -2.23. The topological polar surface area (TPSA) is 118 Å². The van der Waals surface area contributed by atoms with E-state index in [0.717, 1.165) is 62.6 Å². The second kappa shape index (κ2) is 13.7. The zero-order valence-corrected chi connectivity index (χ0v) is 28.1. The van der Waals surface area contributed by atoms with Gasteiger partial charge in [0, 0.05) is 48.4 Å². The Morgan fingerprint density at radius 3 is 2.57 bits per heavy atom. The molecule has 242 valence electrons. The van der Waals surface area contributed by atoms with Crippen LogP contribution in [0.5, 0.6) is 11.8 Å². The summed E-state index contributed by atoms with van der Waals surface area (Å²) in [5.74, 6) is 1.80. The van der Waals surface area contributed by atoms with Crippen molar-refractivity contribution in [1.82, 2.24) is 25.1 Å². The molecule has 2 N–H and O–H groups in total. The molecule has 0 aliphatic heterocycles. The van der Waals surface area contributed by atoms with E-state index in [1.807, 2.05) is 64.9 Å². The molecule has 1 aliphatic rings. The van der Waals surface area contributed by atoms with E-state index in [0.29, 0.717) is 29.3 Å². The third kappa shape index (κ3) is 6.35. The highest BCUT2D eigenvalue weighted by molar-refractivity contribution is 6.04. The summed E-state index contributed by atoms with van der Waals surface area (Å²) in [5, 5.41) is 9.41. The zero-order chi connectivity index (χ0) is 33.1. The predicted octanol–water partition coefficient (Wildman–Crippen LogP) is 7.29. The molecule has 1 unspecified atom stereocenters. The summed E-state index contributed by atoms with van der Waals surface area (Å²) < 4.78 is 18.2. The van der Waals surface area contributed by atoms with E-state index in [1.165, 1.54) is 5.56 Å². The van der Waals surface area contributed by atoms with Crippen LogP contribution in [0.15, 0.2) is 53.5 Å². The van der Waals surface area contributed by atoms with Gasteiger partial charge in [-0.05, 0) is 73.9 Å². The third-order valence-corrected chi connectivity index (χ3v) is 8.31. The number of methoxy groups -OCH3 is 1. The summed E-state index contributed by atoms with van der Waals surface area (Å²) >= 11 is 0. The number of nitrogens with one attached hydrogen (secondary N) is 2. The van der Waals surface area contributed by atoms with Gasteiger partial charge in [-0.2, -0.15) is 15.1 Å². The second-order valence-electron chi connectivity index (χ2n) is 11.7. The first kappa shape index (κ1) is 32.7.